The molecule has 1 unspecified atom stereocenters. The van der Waals surface area contributed by atoms with E-state index in [-0.39, 0.29) is 10.4 Å². The molecule has 4 rings (SSSR count). The molecule has 27 heavy (non-hydrogen) atoms. The minimum atomic E-state index is -0.466. The van der Waals surface area contributed by atoms with Gasteiger partial charge in [0.05, 0.1) is 4.92 Å². The van der Waals surface area contributed by atoms with Gasteiger partial charge in [0.2, 0.25) is 11.6 Å². The molecule has 0 N–H and O–H groups in total. The number of nitro groups is 1. The largest absolute Gasteiger partial charge is 0.344 e. The Bertz CT molecular complexity index is 976. The Morgan fingerprint density at radius 3 is 2.81 bits per heavy atom. The molecule has 0 radical (unpaired) electrons. The minimum absolute atomic E-state index is 0.0259. The molecule has 1 amide bonds. The van der Waals surface area contributed by atoms with Crippen LogP contribution in [0.1, 0.15) is 11.2 Å². The Morgan fingerprint density at radius 2 is 2.11 bits per heavy atom. The van der Waals surface area contributed by atoms with Crippen molar-refractivity contribution in [3.05, 3.63) is 52.5 Å². The highest BCUT2D eigenvalue weighted by Gasteiger charge is 2.32. The summed E-state index contributed by atoms with van der Waals surface area (Å²) in [7, 11) is 0. The van der Waals surface area contributed by atoms with E-state index in [1.165, 1.54) is 18.0 Å². The van der Waals surface area contributed by atoms with Gasteiger partial charge in [-0.1, -0.05) is 18.2 Å². The van der Waals surface area contributed by atoms with Crippen molar-refractivity contribution in [2.75, 3.05) is 12.3 Å². The van der Waals surface area contributed by atoms with E-state index in [4.69, 9.17) is 0 Å². The number of amides is 1. The number of para-hydroxylation sites is 1. The number of aromatic nitrogens is 4. The number of benzene rings is 1. The zero-order valence-corrected chi connectivity index (χ0v) is 16.1. The van der Waals surface area contributed by atoms with Crippen LogP contribution in [-0.4, -0.2) is 48.3 Å². The highest BCUT2D eigenvalue weighted by Crippen LogP contribution is 2.40. The lowest BCUT2D eigenvalue weighted by molar-refractivity contribution is -0.380. The normalized spacial score (nSPS) is 16.6. The van der Waals surface area contributed by atoms with Gasteiger partial charge < -0.3 is 4.90 Å². The molecule has 138 valence electrons. The second-order valence-electron chi connectivity index (χ2n) is 5.40. The molecule has 12 heteroatoms. The molecule has 0 saturated carbocycles. The van der Waals surface area contributed by atoms with Gasteiger partial charge in [0, 0.05) is 18.0 Å². The molecule has 1 atom stereocenters. The molecule has 0 bridgehead atoms. The van der Waals surface area contributed by atoms with Gasteiger partial charge in [-0.25, -0.2) is 4.98 Å². The molecule has 9 nitrogen and oxygen atoms in total. The molecule has 3 aromatic rings. The summed E-state index contributed by atoms with van der Waals surface area (Å²) in [6, 6.07) is 9.56. The number of carbonyl (C=O) groups is 1. The van der Waals surface area contributed by atoms with Crippen molar-refractivity contribution < 1.29 is 9.72 Å². The average Bonchev–Trinajstić information content (AvgIpc) is 3.41. The standard InChI is InChI=1S/C15H12N6O3S3/c22-9-19-6-7-25-13(19)12-17-18-14(20(12)10-4-2-1-3-5-10)27-15-16-8-11(26-15)21(23)24/h1-5,8-9,13H,6-7H2. The van der Waals surface area contributed by atoms with Crippen LogP contribution in [-0.2, 0) is 4.79 Å². The number of carbonyl (C=O) groups excluding carboxylic acids is 1. The van der Waals surface area contributed by atoms with E-state index in [2.05, 4.69) is 15.2 Å². The number of hydrogen-bond donors (Lipinski definition) is 0. The van der Waals surface area contributed by atoms with E-state index in [0.29, 0.717) is 21.9 Å². The molecular formula is C15H12N6O3S3. The monoisotopic (exact) mass is 420 g/mol. The average molecular weight is 421 g/mol. The second-order valence-corrected chi connectivity index (χ2v) is 8.81. The zero-order chi connectivity index (χ0) is 18.8. The zero-order valence-electron chi connectivity index (χ0n) is 13.7. The van der Waals surface area contributed by atoms with Crippen LogP contribution >= 0.6 is 34.9 Å². The lowest BCUT2D eigenvalue weighted by atomic mass is 10.3. The molecule has 1 aromatic carbocycles. The molecule has 3 heterocycles. The Hall–Kier alpha value is -2.44. The fraction of sp³-hybridized carbons (Fsp3) is 0.200. The molecule has 0 aliphatic carbocycles. The summed E-state index contributed by atoms with van der Waals surface area (Å²) < 4.78 is 2.38. The first-order valence-corrected chi connectivity index (χ1v) is 10.5. The predicted molar refractivity (Wildman–Crippen MR) is 102 cm³/mol. The van der Waals surface area contributed by atoms with Crippen LogP contribution in [0.2, 0.25) is 0 Å². The van der Waals surface area contributed by atoms with E-state index >= 15 is 0 Å². The Morgan fingerprint density at radius 1 is 1.30 bits per heavy atom. The molecular weight excluding hydrogens is 408 g/mol. The summed E-state index contributed by atoms with van der Waals surface area (Å²) in [5.74, 6) is 1.47. The lowest BCUT2D eigenvalue weighted by Gasteiger charge is -2.19. The van der Waals surface area contributed by atoms with E-state index < -0.39 is 4.92 Å². The van der Waals surface area contributed by atoms with Crippen molar-refractivity contribution in [1.82, 2.24) is 24.6 Å². The molecule has 1 aliphatic heterocycles. The summed E-state index contributed by atoms with van der Waals surface area (Å²) in [5.41, 5.74) is 0.851. The number of thiazole rings is 1. The fourth-order valence-electron chi connectivity index (χ4n) is 2.60. The molecule has 1 fully saturated rings. The number of thioether (sulfide) groups is 1. The fourth-order valence-corrected chi connectivity index (χ4v) is 5.53. The van der Waals surface area contributed by atoms with Gasteiger partial charge in [-0.05, 0) is 35.2 Å². The van der Waals surface area contributed by atoms with Crippen molar-refractivity contribution in [2.45, 2.75) is 14.9 Å². The van der Waals surface area contributed by atoms with Crippen LogP contribution in [0.5, 0.6) is 0 Å². The van der Waals surface area contributed by atoms with Crippen LogP contribution in [0.4, 0.5) is 5.00 Å². The van der Waals surface area contributed by atoms with Crippen LogP contribution in [0.3, 0.4) is 0 Å². The molecule has 2 aromatic heterocycles. The van der Waals surface area contributed by atoms with Crippen molar-refractivity contribution in [2.24, 2.45) is 0 Å². The van der Waals surface area contributed by atoms with Crippen LogP contribution in [0.25, 0.3) is 5.69 Å². The van der Waals surface area contributed by atoms with Crippen LogP contribution in [0, 0.1) is 10.1 Å². The summed E-state index contributed by atoms with van der Waals surface area (Å²) >= 11 is 3.82. The van der Waals surface area contributed by atoms with E-state index in [1.54, 1.807) is 16.7 Å². The predicted octanol–water partition coefficient (Wildman–Crippen LogP) is 2.99. The molecule has 1 aliphatic rings. The Kier molecular flexibility index (Phi) is 5.09. The van der Waals surface area contributed by atoms with Crippen LogP contribution < -0.4 is 0 Å². The van der Waals surface area contributed by atoms with E-state index in [1.807, 2.05) is 34.9 Å². The quantitative estimate of drug-likeness (QED) is 0.340. The smallest absolute Gasteiger partial charge is 0.325 e. The minimum Gasteiger partial charge on any atom is -0.325 e. The maximum atomic E-state index is 11.4. The summed E-state index contributed by atoms with van der Waals surface area (Å²) in [5, 5.41) is 19.8. The number of hydrogen-bond acceptors (Lipinski definition) is 9. The third-order valence-corrected chi connectivity index (χ3v) is 6.97. The maximum absolute atomic E-state index is 11.4. The van der Waals surface area contributed by atoms with Gasteiger partial charge in [-0.15, -0.1) is 22.0 Å². The first-order valence-electron chi connectivity index (χ1n) is 7.79. The third kappa shape index (κ3) is 3.55. The highest BCUT2D eigenvalue weighted by atomic mass is 32.2. The van der Waals surface area contributed by atoms with E-state index in [0.717, 1.165) is 29.2 Å². The van der Waals surface area contributed by atoms with Gasteiger partial charge in [-0.2, -0.15) is 0 Å². The Labute approximate surface area is 166 Å². The first-order chi connectivity index (χ1) is 13.2. The first kappa shape index (κ1) is 17.9. The van der Waals surface area contributed by atoms with Crippen molar-refractivity contribution in [1.29, 1.82) is 0 Å². The van der Waals surface area contributed by atoms with Gasteiger partial charge in [0.25, 0.3) is 0 Å². The summed E-state index contributed by atoms with van der Waals surface area (Å²) in [4.78, 5) is 27.6. The summed E-state index contributed by atoms with van der Waals surface area (Å²) in [6.45, 7) is 0.654. The highest BCUT2D eigenvalue weighted by molar-refractivity contribution is 8.01. The maximum Gasteiger partial charge on any atom is 0.344 e. The molecule has 0 spiro atoms. The van der Waals surface area contributed by atoms with E-state index in [9.17, 15) is 14.9 Å². The number of rotatable bonds is 6. The third-order valence-electron chi connectivity index (χ3n) is 3.79. The van der Waals surface area contributed by atoms with Crippen molar-refractivity contribution in [3.8, 4) is 5.69 Å². The van der Waals surface area contributed by atoms with Crippen molar-refractivity contribution >= 4 is 46.3 Å². The van der Waals surface area contributed by atoms with Gasteiger partial charge in [0.15, 0.2) is 10.2 Å². The summed E-state index contributed by atoms with van der Waals surface area (Å²) in [6.07, 6.45) is 2.06. The van der Waals surface area contributed by atoms with Gasteiger partial charge >= 0.3 is 5.00 Å². The Balaban J connectivity index is 1.75. The lowest BCUT2D eigenvalue weighted by Crippen LogP contribution is -2.23. The van der Waals surface area contributed by atoms with Crippen molar-refractivity contribution in [3.63, 3.8) is 0 Å². The van der Waals surface area contributed by atoms with Crippen LogP contribution in [0.15, 0.2) is 46.0 Å². The molecule has 1 saturated heterocycles. The topological polar surface area (TPSA) is 107 Å². The van der Waals surface area contributed by atoms with Gasteiger partial charge in [0.1, 0.15) is 11.6 Å². The number of nitrogens with zero attached hydrogens (tertiary/aromatic N) is 6. The second kappa shape index (κ2) is 7.66. The SMILES string of the molecule is O=CN1CCSC1c1nnc(Sc2ncc([N+](=O)[O-])s2)n1-c1ccccc1. The van der Waals surface area contributed by atoms with Gasteiger partial charge in [-0.3, -0.25) is 19.5 Å².